The summed E-state index contributed by atoms with van der Waals surface area (Å²) in [6.07, 6.45) is 0. The fraction of sp³-hybridized carbons (Fsp3) is 0. The lowest BCUT2D eigenvalue weighted by Gasteiger charge is -2.12. The van der Waals surface area contributed by atoms with Gasteiger partial charge in [-0.1, -0.05) is 103 Å². The molecular weight excluding hydrogens is 422 g/mol. The number of nitrogens with zero attached hydrogens (tertiary/aromatic N) is 1. The SMILES string of the molecule is c1ccc(-c2ccc(-n3c4ccccc4c4cc5c6c(cccc6c43)-c3ccccc3-5)cc2)cc1. The number of hydrogen-bond donors (Lipinski definition) is 0. The fourth-order valence-corrected chi connectivity index (χ4v) is 6.02. The van der Waals surface area contributed by atoms with E-state index in [9.17, 15) is 0 Å². The normalized spacial score (nSPS) is 12.0. The molecule has 0 atom stereocenters. The Hall–Kier alpha value is -4.62. The van der Waals surface area contributed by atoms with Gasteiger partial charge in [-0.05, 0) is 63.0 Å². The average molecular weight is 444 g/mol. The third-order valence-corrected chi connectivity index (χ3v) is 7.53. The van der Waals surface area contributed by atoms with Crippen LogP contribution in [0.5, 0.6) is 0 Å². The van der Waals surface area contributed by atoms with E-state index in [0.717, 1.165) is 0 Å². The van der Waals surface area contributed by atoms with Crippen LogP contribution in [0.3, 0.4) is 0 Å². The first kappa shape index (κ1) is 18.8. The molecule has 1 aliphatic carbocycles. The number of hydrogen-bond acceptors (Lipinski definition) is 0. The van der Waals surface area contributed by atoms with Crippen molar-refractivity contribution in [3.63, 3.8) is 0 Å². The predicted molar refractivity (Wildman–Crippen MR) is 148 cm³/mol. The first-order valence-corrected chi connectivity index (χ1v) is 12.1. The molecule has 0 radical (unpaired) electrons. The van der Waals surface area contributed by atoms with Gasteiger partial charge in [0.2, 0.25) is 0 Å². The van der Waals surface area contributed by atoms with E-state index < -0.39 is 0 Å². The topological polar surface area (TPSA) is 4.93 Å². The van der Waals surface area contributed by atoms with Crippen molar-refractivity contribution in [2.45, 2.75) is 0 Å². The molecule has 0 unspecified atom stereocenters. The number of fused-ring (bicyclic) bond motifs is 7. The van der Waals surface area contributed by atoms with Crippen molar-refractivity contribution in [3.8, 4) is 39.1 Å². The molecule has 1 aromatic heterocycles. The molecule has 0 saturated carbocycles. The second kappa shape index (κ2) is 6.94. The van der Waals surface area contributed by atoms with Gasteiger partial charge in [-0.2, -0.15) is 0 Å². The summed E-state index contributed by atoms with van der Waals surface area (Å²) in [6.45, 7) is 0. The minimum atomic E-state index is 1.19. The van der Waals surface area contributed by atoms with Crippen LogP contribution in [-0.2, 0) is 0 Å². The molecule has 0 saturated heterocycles. The van der Waals surface area contributed by atoms with Gasteiger partial charge in [0.05, 0.1) is 11.0 Å². The maximum Gasteiger partial charge on any atom is 0.0620 e. The van der Waals surface area contributed by atoms with Crippen LogP contribution in [0.4, 0.5) is 0 Å². The highest BCUT2D eigenvalue weighted by Gasteiger charge is 2.25. The van der Waals surface area contributed by atoms with Crippen molar-refractivity contribution in [2.24, 2.45) is 0 Å². The van der Waals surface area contributed by atoms with E-state index in [1.165, 1.54) is 71.6 Å². The highest BCUT2D eigenvalue weighted by atomic mass is 15.0. The molecule has 6 aromatic carbocycles. The predicted octanol–water partition coefficient (Wildman–Crippen LogP) is 9.25. The zero-order valence-electron chi connectivity index (χ0n) is 19.1. The quantitative estimate of drug-likeness (QED) is 0.251. The van der Waals surface area contributed by atoms with Crippen LogP contribution in [0.1, 0.15) is 0 Å². The number of para-hydroxylation sites is 1. The third kappa shape index (κ3) is 2.53. The van der Waals surface area contributed by atoms with Gasteiger partial charge in [0.25, 0.3) is 0 Å². The van der Waals surface area contributed by atoms with Gasteiger partial charge in [0.1, 0.15) is 0 Å². The largest absolute Gasteiger partial charge is 0.309 e. The summed E-state index contributed by atoms with van der Waals surface area (Å²) in [5, 5.41) is 5.28. The van der Waals surface area contributed by atoms with Crippen LogP contribution in [0.2, 0.25) is 0 Å². The summed E-state index contributed by atoms with van der Waals surface area (Å²) in [5.74, 6) is 0. The van der Waals surface area contributed by atoms with Crippen LogP contribution < -0.4 is 0 Å². The van der Waals surface area contributed by atoms with E-state index >= 15 is 0 Å². The molecule has 1 aliphatic rings. The van der Waals surface area contributed by atoms with Gasteiger partial charge in [-0.15, -0.1) is 0 Å². The second-order valence-corrected chi connectivity index (χ2v) is 9.36. The van der Waals surface area contributed by atoms with Gasteiger partial charge in [0.15, 0.2) is 0 Å². The Balaban J connectivity index is 1.48. The molecule has 1 heteroatoms. The minimum absolute atomic E-state index is 1.19. The van der Waals surface area contributed by atoms with Crippen LogP contribution in [0.25, 0.3) is 71.6 Å². The maximum atomic E-state index is 2.45. The molecule has 0 N–H and O–H groups in total. The smallest absolute Gasteiger partial charge is 0.0620 e. The molecule has 1 heterocycles. The monoisotopic (exact) mass is 443 g/mol. The zero-order valence-corrected chi connectivity index (χ0v) is 19.1. The fourth-order valence-electron chi connectivity index (χ4n) is 6.02. The summed E-state index contributed by atoms with van der Waals surface area (Å²) in [4.78, 5) is 0. The Morgan fingerprint density at radius 1 is 0.400 bits per heavy atom. The molecule has 8 rings (SSSR count). The molecule has 0 amide bonds. The zero-order chi connectivity index (χ0) is 22.9. The molecule has 162 valence electrons. The van der Waals surface area contributed by atoms with E-state index in [1.807, 2.05) is 0 Å². The lowest BCUT2D eigenvalue weighted by Crippen LogP contribution is -1.94. The summed E-state index contributed by atoms with van der Waals surface area (Å²) in [6, 6.07) is 46.4. The number of rotatable bonds is 2. The first-order valence-electron chi connectivity index (χ1n) is 12.1. The highest BCUT2D eigenvalue weighted by molar-refractivity contribution is 6.27. The molecule has 1 nitrogen and oxygen atoms in total. The van der Waals surface area contributed by atoms with E-state index in [4.69, 9.17) is 0 Å². The van der Waals surface area contributed by atoms with E-state index in [1.54, 1.807) is 0 Å². The number of aromatic nitrogens is 1. The van der Waals surface area contributed by atoms with Crippen molar-refractivity contribution in [1.29, 1.82) is 0 Å². The standard InChI is InChI=1S/C34H21N/c1-2-9-22(10-3-1)23-17-19-24(20-18-23)35-32-16-7-6-13-27(32)31-21-30-26-12-5-4-11-25(26)28-14-8-15-29(33(28)30)34(31)35/h1-21H. The second-order valence-electron chi connectivity index (χ2n) is 9.36. The lowest BCUT2D eigenvalue weighted by atomic mass is 9.99. The van der Waals surface area contributed by atoms with E-state index in [-0.39, 0.29) is 0 Å². The van der Waals surface area contributed by atoms with Crippen molar-refractivity contribution in [1.82, 2.24) is 4.57 Å². The molecule has 0 spiro atoms. The van der Waals surface area contributed by atoms with E-state index in [0.29, 0.717) is 0 Å². The van der Waals surface area contributed by atoms with Gasteiger partial charge < -0.3 is 4.57 Å². The summed E-state index contributed by atoms with van der Waals surface area (Å²) >= 11 is 0. The van der Waals surface area contributed by atoms with Gasteiger partial charge >= 0.3 is 0 Å². The van der Waals surface area contributed by atoms with Crippen molar-refractivity contribution in [3.05, 3.63) is 127 Å². The third-order valence-electron chi connectivity index (χ3n) is 7.53. The highest BCUT2D eigenvalue weighted by Crippen LogP contribution is 2.50. The molecule has 0 aliphatic heterocycles. The Kier molecular flexibility index (Phi) is 3.72. The van der Waals surface area contributed by atoms with Crippen LogP contribution in [0.15, 0.2) is 127 Å². The first-order chi connectivity index (χ1) is 17.4. The van der Waals surface area contributed by atoms with Gasteiger partial charge in [0, 0.05) is 21.8 Å². The Bertz CT molecular complexity index is 1920. The van der Waals surface area contributed by atoms with Crippen molar-refractivity contribution >= 4 is 32.6 Å². The summed E-state index contributed by atoms with van der Waals surface area (Å²) in [5.41, 5.74) is 11.6. The van der Waals surface area contributed by atoms with Crippen LogP contribution in [-0.4, -0.2) is 4.57 Å². The van der Waals surface area contributed by atoms with Crippen LogP contribution in [0, 0.1) is 0 Å². The molecular formula is C34H21N. The summed E-state index contributed by atoms with van der Waals surface area (Å²) < 4.78 is 2.45. The molecule has 0 bridgehead atoms. The van der Waals surface area contributed by atoms with Crippen molar-refractivity contribution < 1.29 is 0 Å². The number of benzene rings is 6. The lowest BCUT2D eigenvalue weighted by molar-refractivity contribution is 1.19. The molecule has 35 heavy (non-hydrogen) atoms. The average Bonchev–Trinajstić information content (AvgIpc) is 3.44. The minimum Gasteiger partial charge on any atom is -0.309 e. The molecule has 0 fully saturated rings. The Labute approximate surface area is 203 Å². The van der Waals surface area contributed by atoms with Gasteiger partial charge in [-0.3, -0.25) is 0 Å². The van der Waals surface area contributed by atoms with Crippen molar-refractivity contribution in [2.75, 3.05) is 0 Å². The summed E-state index contributed by atoms with van der Waals surface area (Å²) in [7, 11) is 0. The van der Waals surface area contributed by atoms with E-state index in [2.05, 4.69) is 132 Å². The molecule has 7 aromatic rings. The Morgan fingerprint density at radius 3 is 1.86 bits per heavy atom. The van der Waals surface area contributed by atoms with Crippen LogP contribution >= 0.6 is 0 Å². The maximum absolute atomic E-state index is 2.45. The van der Waals surface area contributed by atoms with Gasteiger partial charge in [-0.25, -0.2) is 0 Å². The Morgan fingerprint density at radius 2 is 1.03 bits per heavy atom.